The van der Waals surface area contributed by atoms with Gasteiger partial charge in [0.1, 0.15) is 6.33 Å². The molecule has 0 amide bonds. The van der Waals surface area contributed by atoms with Gasteiger partial charge in [-0.2, -0.15) is 17.0 Å². The van der Waals surface area contributed by atoms with Crippen LogP contribution in [0.3, 0.4) is 0 Å². The zero-order valence-corrected chi connectivity index (χ0v) is 21.0. The van der Waals surface area contributed by atoms with Crippen molar-refractivity contribution in [1.29, 1.82) is 0 Å². The number of aromatic nitrogens is 4. The van der Waals surface area contributed by atoms with E-state index in [0.29, 0.717) is 10.6 Å². The Morgan fingerprint density at radius 1 is 0.971 bits per heavy atom. The zero-order valence-electron chi connectivity index (χ0n) is 19.4. The fourth-order valence-corrected chi connectivity index (χ4v) is 6.25. The van der Waals surface area contributed by atoms with Gasteiger partial charge in [0.2, 0.25) is 0 Å². The average molecular weight is 515 g/mol. The smallest absolute Gasteiger partial charge is 0.323 e. The second kappa shape index (κ2) is 8.86. The zero-order chi connectivity index (χ0) is 24.8. The van der Waals surface area contributed by atoms with Crippen LogP contribution < -0.4 is 0 Å². The van der Waals surface area contributed by atoms with Crippen LogP contribution in [0.25, 0.3) is 10.9 Å². The summed E-state index contributed by atoms with van der Waals surface area (Å²) >= 11 is 0. The maximum absolute atomic E-state index is 13.5. The molecule has 0 aliphatic heterocycles. The number of sulfonamides is 1. The second-order valence-corrected chi connectivity index (χ2v) is 12.5. The molecule has 35 heavy (non-hydrogen) atoms. The summed E-state index contributed by atoms with van der Waals surface area (Å²) < 4.78 is 56.7. The van der Waals surface area contributed by atoms with Gasteiger partial charge in [-0.15, -0.1) is 9.19 Å². The summed E-state index contributed by atoms with van der Waals surface area (Å²) in [5.41, 5.74) is 3.05. The van der Waals surface area contributed by atoms with E-state index in [1.165, 1.54) is 24.0 Å². The van der Waals surface area contributed by atoms with Gasteiger partial charge in [-0.05, 0) is 36.1 Å². The lowest BCUT2D eigenvalue weighted by atomic mass is 10.1. The molecule has 2 aromatic carbocycles. The van der Waals surface area contributed by atoms with E-state index < -0.39 is 25.4 Å². The molecule has 12 heteroatoms. The summed E-state index contributed by atoms with van der Waals surface area (Å²) in [6.45, 7) is 0.856. The highest BCUT2D eigenvalue weighted by Gasteiger charge is 2.40. The van der Waals surface area contributed by atoms with Crippen LogP contribution in [-0.2, 0) is 33.3 Å². The number of hydrogen-bond donors (Lipinski definition) is 0. The molecule has 2 heterocycles. The van der Waals surface area contributed by atoms with Crippen LogP contribution in [-0.4, -0.2) is 64.3 Å². The van der Waals surface area contributed by atoms with Gasteiger partial charge in [-0.1, -0.05) is 42.5 Å². The van der Waals surface area contributed by atoms with Gasteiger partial charge in [-0.25, -0.2) is 13.4 Å². The van der Waals surface area contributed by atoms with E-state index in [0.717, 1.165) is 39.9 Å². The Hall–Kier alpha value is -3.06. The number of fused-ring (bicyclic) bond motifs is 1. The Bertz CT molecular complexity index is 1570. The summed E-state index contributed by atoms with van der Waals surface area (Å²) in [6, 6.07) is 17.8. The highest BCUT2D eigenvalue weighted by molar-refractivity contribution is 7.89. The number of rotatable bonds is 9. The molecular formula is C23H26N6O4S2. The highest BCUT2D eigenvalue weighted by atomic mass is 32.2. The predicted molar refractivity (Wildman–Crippen MR) is 131 cm³/mol. The third-order valence-corrected chi connectivity index (χ3v) is 9.33. The summed E-state index contributed by atoms with van der Waals surface area (Å²) in [4.78, 5) is 3.83. The molecular weight excluding hydrogens is 488 g/mol. The minimum Gasteiger partial charge on any atom is -0.343 e. The standard InChI is InChI=1S/C23H26N6O4S2/c1-26(2)35(32,33)29-17-24-23(25-29)34(30,31)28(20-11-12-20)16-19-9-6-10-22-21(19)13-14-27(22)15-18-7-4-3-5-8-18/h3-10,13-14,17,20H,11-12,15-16H2,1-2H3. The number of nitrogens with zero attached hydrogens (tertiary/aromatic N) is 6. The van der Waals surface area contributed by atoms with Gasteiger partial charge < -0.3 is 4.57 Å². The Balaban J connectivity index is 1.46. The molecule has 0 saturated heterocycles. The Morgan fingerprint density at radius 3 is 2.40 bits per heavy atom. The molecule has 0 spiro atoms. The Morgan fingerprint density at radius 2 is 1.71 bits per heavy atom. The molecule has 2 aromatic heterocycles. The monoisotopic (exact) mass is 514 g/mol. The van der Waals surface area contributed by atoms with Crippen molar-refractivity contribution in [2.45, 2.75) is 37.1 Å². The van der Waals surface area contributed by atoms with E-state index in [-0.39, 0.29) is 12.6 Å². The van der Waals surface area contributed by atoms with E-state index in [2.05, 4.69) is 26.8 Å². The minimum atomic E-state index is -4.11. The quantitative estimate of drug-likeness (QED) is 0.339. The van der Waals surface area contributed by atoms with E-state index >= 15 is 0 Å². The van der Waals surface area contributed by atoms with Crippen LogP contribution in [0, 0.1) is 0 Å². The van der Waals surface area contributed by atoms with Gasteiger partial charge in [0, 0.05) is 50.3 Å². The van der Waals surface area contributed by atoms with Crippen LogP contribution in [0.2, 0.25) is 0 Å². The van der Waals surface area contributed by atoms with E-state index in [4.69, 9.17) is 0 Å². The molecule has 1 aliphatic rings. The van der Waals surface area contributed by atoms with Crippen molar-refractivity contribution >= 4 is 31.1 Å². The van der Waals surface area contributed by atoms with Crippen LogP contribution in [0.15, 0.2) is 72.3 Å². The van der Waals surface area contributed by atoms with Crippen molar-refractivity contribution in [3.63, 3.8) is 0 Å². The lowest BCUT2D eigenvalue weighted by Crippen LogP contribution is -2.34. The largest absolute Gasteiger partial charge is 0.343 e. The predicted octanol–water partition coefficient (Wildman–Crippen LogP) is 2.29. The Kier molecular flexibility index (Phi) is 5.99. The summed E-state index contributed by atoms with van der Waals surface area (Å²) in [5, 5.41) is 4.25. The SMILES string of the molecule is CN(C)S(=O)(=O)n1cnc(S(=O)(=O)N(Cc2cccc3c2ccn3Cc2ccccc2)C2CC2)n1. The fourth-order valence-electron chi connectivity index (χ4n) is 4.02. The molecule has 10 nitrogen and oxygen atoms in total. The topological polar surface area (TPSA) is 110 Å². The molecule has 1 saturated carbocycles. The van der Waals surface area contributed by atoms with E-state index in [1.54, 1.807) is 0 Å². The molecule has 4 aromatic rings. The van der Waals surface area contributed by atoms with Gasteiger partial charge in [0.15, 0.2) is 0 Å². The molecule has 1 fully saturated rings. The molecule has 0 radical (unpaired) electrons. The normalized spacial score (nSPS) is 14.9. The van der Waals surface area contributed by atoms with Gasteiger partial charge in [-0.3, -0.25) is 0 Å². The summed E-state index contributed by atoms with van der Waals surface area (Å²) in [5.74, 6) is 0. The Labute approximate surface area is 204 Å². The number of hydrogen-bond acceptors (Lipinski definition) is 6. The van der Waals surface area contributed by atoms with Crippen molar-refractivity contribution in [3.8, 4) is 0 Å². The molecule has 184 valence electrons. The third-order valence-electron chi connectivity index (χ3n) is 6.07. The molecule has 5 rings (SSSR count). The molecule has 1 aliphatic carbocycles. The van der Waals surface area contributed by atoms with Gasteiger partial charge in [0.05, 0.1) is 0 Å². The highest BCUT2D eigenvalue weighted by Crippen LogP contribution is 2.34. The summed E-state index contributed by atoms with van der Waals surface area (Å²) in [7, 11) is -5.40. The van der Waals surface area contributed by atoms with E-state index in [1.807, 2.05) is 48.7 Å². The van der Waals surface area contributed by atoms with Crippen molar-refractivity contribution in [2.75, 3.05) is 14.1 Å². The maximum atomic E-state index is 13.5. The first-order valence-electron chi connectivity index (χ1n) is 11.1. The van der Waals surface area contributed by atoms with Crippen molar-refractivity contribution < 1.29 is 16.8 Å². The van der Waals surface area contributed by atoms with Crippen LogP contribution in [0.5, 0.6) is 0 Å². The van der Waals surface area contributed by atoms with Crippen LogP contribution in [0.4, 0.5) is 0 Å². The third kappa shape index (κ3) is 4.49. The first-order chi connectivity index (χ1) is 16.7. The summed E-state index contributed by atoms with van der Waals surface area (Å²) in [6.07, 6.45) is 4.39. The first kappa shape index (κ1) is 23.7. The fraction of sp³-hybridized carbons (Fsp3) is 0.304. The van der Waals surface area contributed by atoms with Crippen molar-refractivity contribution in [1.82, 2.24) is 27.3 Å². The lowest BCUT2D eigenvalue weighted by molar-refractivity contribution is 0.395. The minimum absolute atomic E-state index is 0.147. The van der Waals surface area contributed by atoms with Crippen LogP contribution >= 0.6 is 0 Å². The molecule has 0 unspecified atom stereocenters. The van der Waals surface area contributed by atoms with Crippen molar-refractivity contribution in [3.05, 3.63) is 78.2 Å². The van der Waals surface area contributed by atoms with Gasteiger partial charge >= 0.3 is 10.2 Å². The van der Waals surface area contributed by atoms with Crippen LogP contribution in [0.1, 0.15) is 24.0 Å². The average Bonchev–Trinajstić information content (AvgIpc) is 3.36. The van der Waals surface area contributed by atoms with E-state index in [9.17, 15) is 16.8 Å². The molecule has 0 bridgehead atoms. The second-order valence-electron chi connectivity index (χ2n) is 8.75. The van der Waals surface area contributed by atoms with Gasteiger partial charge in [0.25, 0.3) is 15.2 Å². The number of benzene rings is 2. The maximum Gasteiger partial charge on any atom is 0.323 e. The molecule has 0 atom stereocenters. The lowest BCUT2D eigenvalue weighted by Gasteiger charge is -2.20. The first-order valence-corrected chi connectivity index (χ1v) is 14.0. The van der Waals surface area contributed by atoms with Crippen molar-refractivity contribution in [2.24, 2.45) is 0 Å². The molecule has 0 N–H and O–H groups in total.